The van der Waals surface area contributed by atoms with Crippen molar-refractivity contribution in [3.8, 4) is 5.75 Å². The zero-order chi connectivity index (χ0) is 18.2. The van der Waals surface area contributed by atoms with Gasteiger partial charge in [0.2, 0.25) is 10.9 Å². The Morgan fingerprint density at radius 1 is 1.16 bits per heavy atom. The molecule has 4 nitrogen and oxygen atoms in total. The molecule has 0 bridgehead atoms. The maximum Gasteiger partial charge on any atom is 0.201 e. The summed E-state index contributed by atoms with van der Waals surface area (Å²) < 4.78 is 43.3. The number of fused-ring (bicyclic) bond motifs is 1. The number of hydrogen-bond acceptors (Lipinski definition) is 3. The molecule has 0 radical (unpaired) electrons. The topological polar surface area (TPSA) is 55.4 Å². The molecule has 0 spiro atoms. The van der Waals surface area contributed by atoms with Crippen LogP contribution >= 0.6 is 0 Å². The molecule has 2 aromatic carbocycles. The predicted molar refractivity (Wildman–Crippen MR) is 96.5 cm³/mol. The molecule has 1 N–H and O–H groups in total. The molecule has 0 saturated carbocycles. The Morgan fingerprint density at radius 2 is 1.84 bits per heavy atom. The van der Waals surface area contributed by atoms with Crippen LogP contribution in [0.4, 0.5) is 4.39 Å². The van der Waals surface area contributed by atoms with E-state index in [9.17, 15) is 12.8 Å². The normalized spacial score (nSPS) is 15.5. The summed E-state index contributed by atoms with van der Waals surface area (Å²) in [6.45, 7) is 6.08. The third kappa shape index (κ3) is 3.91. The second kappa shape index (κ2) is 6.61. The molecule has 3 rings (SSSR count). The fraction of sp³-hybridized carbons (Fsp3) is 0.263. The monoisotopic (exact) mass is 361 g/mol. The first-order chi connectivity index (χ1) is 11.7. The molecule has 0 saturated heterocycles. The van der Waals surface area contributed by atoms with Crippen LogP contribution in [-0.2, 0) is 17.4 Å². The number of nitrogens with one attached hydrogen (secondary N) is 1. The van der Waals surface area contributed by atoms with E-state index in [1.165, 1.54) is 12.1 Å². The van der Waals surface area contributed by atoms with Crippen LogP contribution in [-0.4, -0.2) is 14.0 Å². The lowest BCUT2D eigenvalue weighted by Gasteiger charge is -2.32. The van der Waals surface area contributed by atoms with Gasteiger partial charge in [-0.3, -0.25) is 0 Å². The molecule has 2 aromatic rings. The summed E-state index contributed by atoms with van der Waals surface area (Å²) in [5.41, 5.74) is 4.11. The van der Waals surface area contributed by atoms with E-state index in [1.807, 2.05) is 39.0 Å². The summed E-state index contributed by atoms with van der Waals surface area (Å²) in [5.74, 6) is 0.422. The van der Waals surface area contributed by atoms with E-state index >= 15 is 0 Å². The molecule has 6 heteroatoms. The Labute approximate surface area is 148 Å². The highest BCUT2D eigenvalue weighted by molar-refractivity contribution is 7.70. The largest absolute Gasteiger partial charge is 0.483 e. The van der Waals surface area contributed by atoms with Crippen LogP contribution in [0, 0.1) is 12.7 Å². The second-order valence-corrected chi connectivity index (χ2v) is 7.48. The van der Waals surface area contributed by atoms with Gasteiger partial charge in [-0.15, -0.1) is 0 Å². The van der Waals surface area contributed by atoms with E-state index in [1.54, 1.807) is 12.1 Å². The van der Waals surface area contributed by atoms with Crippen molar-refractivity contribution in [3.63, 3.8) is 0 Å². The minimum atomic E-state index is -2.65. The van der Waals surface area contributed by atoms with E-state index in [2.05, 4.69) is 4.72 Å². The summed E-state index contributed by atoms with van der Waals surface area (Å²) in [6, 6.07) is 10.2. The molecule has 0 atom stereocenters. The van der Waals surface area contributed by atoms with E-state index in [0.29, 0.717) is 5.75 Å². The van der Waals surface area contributed by atoms with E-state index in [0.717, 1.165) is 27.8 Å². The van der Waals surface area contributed by atoms with Crippen molar-refractivity contribution in [2.24, 2.45) is 0 Å². The van der Waals surface area contributed by atoms with Crippen molar-refractivity contribution in [2.45, 2.75) is 32.9 Å². The summed E-state index contributed by atoms with van der Waals surface area (Å²) in [5, 5.41) is 0. The Bertz CT molecular complexity index is 907. The first kappa shape index (κ1) is 17.6. The van der Waals surface area contributed by atoms with Crippen LogP contribution in [0.3, 0.4) is 0 Å². The highest BCUT2D eigenvalue weighted by Gasteiger charge is 2.28. The Balaban J connectivity index is 2.10. The molecule has 25 heavy (non-hydrogen) atoms. The fourth-order valence-electron chi connectivity index (χ4n) is 3.10. The molecule has 0 aliphatic carbocycles. The Morgan fingerprint density at radius 3 is 2.48 bits per heavy atom. The molecular weight excluding hydrogens is 341 g/mol. The lowest BCUT2D eigenvalue weighted by atomic mass is 9.87. The molecule has 132 valence electrons. The van der Waals surface area contributed by atoms with Crippen LogP contribution in [0.15, 0.2) is 42.5 Å². The van der Waals surface area contributed by atoms with Crippen molar-refractivity contribution in [1.29, 1.82) is 0 Å². The van der Waals surface area contributed by atoms with Crippen molar-refractivity contribution in [1.82, 2.24) is 4.72 Å². The van der Waals surface area contributed by atoms with E-state index in [4.69, 9.17) is 4.74 Å². The zero-order valence-corrected chi connectivity index (χ0v) is 15.2. The van der Waals surface area contributed by atoms with Crippen LogP contribution in [0.1, 0.15) is 36.1 Å². The molecule has 0 aromatic heterocycles. The van der Waals surface area contributed by atoms with Gasteiger partial charge in [0.15, 0.2) is 0 Å². The SMILES string of the molecule is Cc1cc(CN[SH](=O)=O)cc2c1C(c1ccc(F)cc1)=CC(C)(C)O2. The summed E-state index contributed by atoms with van der Waals surface area (Å²) in [6.07, 6.45) is 2.03. The van der Waals surface area contributed by atoms with Crippen LogP contribution < -0.4 is 9.46 Å². The highest BCUT2D eigenvalue weighted by atomic mass is 32.2. The first-order valence-electron chi connectivity index (χ1n) is 7.95. The van der Waals surface area contributed by atoms with E-state index in [-0.39, 0.29) is 12.4 Å². The summed E-state index contributed by atoms with van der Waals surface area (Å²) in [4.78, 5) is 0. The van der Waals surface area contributed by atoms with Crippen molar-refractivity contribution in [2.75, 3.05) is 0 Å². The number of halogens is 1. The zero-order valence-electron chi connectivity index (χ0n) is 14.3. The lowest BCUT2D eigenvalue weighted by Crippen LogP contribution is -2.29. The van der Waals surface area contributed by atoms with Crippen molar-refractivity contribution in [3.05, 3.63) is 70.5 Å². The number of aryl methyl sites for hydroxylation is 1. The number of benzene rings is 2. The van der Waals surface area contributed by atoms with Gasteiger partial charge < -0.3 is 4.74 Å². The quantitative estimate of drug-likeness (QED) is 0.821. The first-order valence-corrected chi connectivity index (χ1v) is 9.12. The van der Waals surface area contributed by atoms with Crippen LogP contribution in [0.5, 0.6) is 5.75 Å². The van der Waals surface area contributed by atoms with Gasteiger partial charge in [-0.25, -0.2) is 17.5 Å². The molecule has 0 amide bonds. The summed E-state index contributed by atoms with van der Waals surface area (Å²) >= 11 is 0. The molecule has 0 unspecified atom stereocenters. The number of ether oxygens (including phenoxy) is 1. The maximum absolute atomic E-state index is 13.3. The van der Waals surface area contributed by atoms with Gasteiger partial charge in [0.1, 0.15) is 17.2 Å². The van der Waals surface area contributed by atoms with Gasteiger partial charge in [0.05, 0.1) is 0 Å². The number of rotatable bonds is 4. The molecule has 0 fully saturated rings. The van der Waals surface area contributed by atoms with Gasteiger partial charge >= 0.3 is 0 Å². The van der Waals surface area contributed by atoms with E-state index < -0.39 is 16.5 Å². The Kier molecular flexibility index (Phi) is 4.67. The summed E-state index contributed by atoms with van der Waals surface area (Å²) in [7, 11) is -2.65. The van der Waals surface area contributed by atoms with Crippen molar-refractivity contribution >= 4 is 16.5 Å². The maximum atomic E-state index is 13.3. The average molecular weight is 361 g/mol. The smallest absolute Gasteiger partial charge is 0.201 e. The lowest BCUT2D eigenvalue weighted by molar-refractivity contribution is 0.158. The predicted octanol–water partition coefficient (Wildman–Crippen LogP) is 3.35. The number of thiol groups is 1. The minimum absolute atomic E-state index is 0.214. The van der Waals surface area contributed by atoms with Crippen molar-refractivity contribution < 1.29 is 17.5 Å². The molecule has 1 aliphatic rings. The van der Waals surface area contributed by atoms with Gasteiger partial charge in [0, 0.05) is 12.1 Å². The highest BCUT2D eigenvalue weighted by Crippen LogP contribution is 2.41. The molecular formula is C19H20FNO3S. The minimum Gasteiger partial charge on any atom is -0.483 e. The van der Waals surface area contributed by atoms with Gasteiger partial charge in [0.25, 0.3) is 0 Å². The van der Waals surface area contributed by atoms with Gasteiger partial charge in [-0.05, 0) is 67.3 Å². The third-order valence-corrected chi connectivity index (χ3v) is 4.48. The Hall–Kier alpha value is -2.18. The van der Waals surface area contributed by atoms with Gasteiger partial charge in [-0.1, -0.05) is 18.2 Å². The molecule has 1 heterocycles. The molecule has 1 aliphatic heterocycles. The second-order valence-electron chi connectivity index (χ2n) is 6.65. The standard InChI is InChI=1S/C19H20FNO3S/c1-12-8-13(11-21-25(22)23)9-17-18(12)16(10-19(2,3)24-17)14-4-6-15(20)7-5-14/h4-10,25H,11H2,1-3H3,(H,21,22,23). The van der Waals surface area contributed by atoms with Crippen LogP contribution in [0.2, 0.25) is 0 Å². The average Bonchev–Trinajstić information content (AvgIpc) is 2.51. The fourth-order valence-corrected chi connectivity index (χ4v) is 3.41. The third-order valence-electron chi connectivity index (χ3n) is 4.06. The van der Waals surface area contributed by atoms with Crippen LogP contribution in [0.25, 0.3) is 5.57 Å². The number of hydrogen-bond donors (Lipinski definition) is 2. The van der Waals surface area contributed by atoms with Gasteiger partial charge in [-0.2, -0.15) is 0 Å².